The molecular weight excluding hydrogens is 313 g/mol. The van der Waals surface area contributed by atoms with Crippen molar-refractivity contribution in [2.45, 2.75) is 12.8 Å². The molecule has 1 aliphatic heterocycles. The summed E-state index contributed by atoms with van der Waals surface area (Å²) < 4.78 is 70.4. The highest BCUT2D eigenvalue weighted by Gasteiger charge is 2.27. The highest BCUT2D eigenvalue weighted by molar-refractivity contribution is 7.80. The smallest absolute Gasteiger partial charge is 0.207 e. The van der Waals surface area contributed by atoms with Crippen molar-refractivity contribution >= 4 is 17.1 Å². The molecule has 1 heterocycles. The van der Waals surface area contributed by atoms with E-state index in [1.807, 2.05) is 0 Å². The van der Waals surface area contributed by atoms with Crippen molar-refractivity contribution in [1.29, 1.82) is 0 Å². The molecule has 0 amide bonds. The van der Waals surface area contributed by atoms with Crippen LogP contribution in [0.25, 0.3) is 0 Å². The van der Waals surface area contributed by atoms with E-state index in [-0.39, 0.29) is 12.5 Å². The fourth-order valence-corrected chi connectivity index (χ4v) is 2.41. The summed E-state index contributed by atoms with van der Waals surface area (Å²) in [6.45, 7) is 1.15. The van der Waals surface area contributed by atoms with Gasteiger partial charge in [-0.3, -0.25) is 0 Å². The number of rotatable bonds is 4. The number of thiocarbonyl (C=S) groups is 1. The molecule has 0 aliphatic carbocycles. The molecule has 2 rings (SSSR count). The second-order valence-corrected chi connectivity index (χ2v) is 5.20. The summed E-state index contributed by atoms with van der Waals surface area (Å²) in [5, 5.41) is 3.12. The van der Waals surface area contributed by atoms with E-state index in [0.717, 1.165) is 25.9 Å². The SMILES string of the molecule is Fc1c(F)c(F)c(OCC(=S)C2CCNCC2)c(F)c1F. The highest BCUT2D eigenvalue weighted by Crippen LogP contribution is 2.29. The molecule has 1 aromatic rings. The molecule has 116 valence electrons. The van der Waals surface area contributed by atoms with Gasteiger partial charge >= 0.3 is 0 Å². The summed E-state index contributed by atoms with van der Waals surface area (Å²) in [5.74, 6) is -11.5. The Morgan fingerprint density at radius 2 is 1.43 bits per heavy atom. The van der Waals surface area contributed by atoms with Gasteiger partial charge in [0, 0.05) is 4.86 Å². The van der Waals surface area contributed by atoms with E-state index in [2.05, 4.69) is 5.32 Å². The zero-order chi connectivity index (χ0) is 15.6. The van der Waals surface area contributed by atoms with Gasteiger partial charge in [0.1, 0.15) is 6.61 Å². The second-order valence-electron chi connectivity index (χ2n) is 4.68. The van der Waals surface area contributed by atoms with Crippen LogP contribution in [0.2, 0.25) is 0 Å². The lowest BCUT2D eigenvalue weighted by Crippen LogP contribution is -2.33. The Labute approximate surface area is 123 Å². The molecule has 0 saturated carbocycles. The first kappa shape index (κ1) is 16.1. The molecule has 0 bridgehead atoms. The Kier molecular flexibility index (Phi) is 5.10. The van der Waals surface area contributed by atoms with Gasteiger partial charge in [0.2, 0.25) is 29.1 Å². The Balaban J connectivity index is 2.11. The van der Waals surface area contributed by atoms with Crippen LogP contribution in [0.3, 0.4) is 0 Å². The quantitative estimate of drug-likeness (QED) is 0.398. The minimum absolute atomic E-state index is 0.0301. The van der Waals surface area contributed by atoms with E-state index in [1.165, 1.54) is 0 Å². The van der Waals surface area contributed by atoms with Gasteiger partial charge in [-0.15, -0.1) is 0 Å². The second kappa shape index (κ2) is 6.65. The predicted molar refractivity (Wildman–Crippen MR) is 69.9 cm³/mol. The molecule has 1 fully saturated rings. The predicted octanol–water partition coefficient (Wildman–Crippen LogP) is 3.13. The lowest BCUT2D eigenvalue weighted by molar-refractivity contribution is 0.290. The van der Waals surface area contributed by atoms with Crippen LogP contribution in [-0.2, 0) is 0 Å². The van der Waals surface area contributed by atoms with Gasteiger partial charge in [-0.2, -0.15) is 8.78 Å². The van der Waals surface area contributed by atoms with Crippen LogP contribution >= 0.6 is 12.2 Å². The van der Waals surface area contributed by atoms with Crippen LogP contribution < -0.4 is 10.1 Å². The van der Waals surface area contributed by atoms with Crippen LogP contribution in [0.4, 0.5) is 22.0 Å². The van der Waals surface area contributed by atoms with Gasteiger partial charge in [0.15, 0.2) is 5.75 Å². The number of piperidine rings is 1. The molecule has 8 heteroatoms. The van der Waals surface area contributed by atoms with E-state index >= 15 is 0 Å². The molecule has 0 spiro atoms. The van der Waals surface area contributed by atoms with Crippen molar-refractivity contribution in [1.82, 2.24) is 5.32 Å². The van der Waals surface area contributed by atoms with E-state index in [9.17, 15) is 22.0 Å². The molecular formula is C13H12F5NOS. The number of ether oxygens (including phenoxy) is 1. The Morgan fingerprint density at radius 1 is 0.952 bits per heavy atom. The number of halogens is 5. The average molecular weight is 325 g/mol. The summed E-state index contributed by atoms with van der Waals surface area (Å²) in [6.07, 6.45) is 1.50. The fourth-order valence-electron chi connectivity index (χ4n) is 2.12. The standard InChI is InChI=1S/C13H12F5NOS/c14-8-9(15)11(17)13(12(18)10(8)16)20-5-7(21)6-1-3-19-4-2-6/h6,19H,1-5H2. The van der Waals surface area contributed by atoms with E-state index < -0.39 is 34.8 Å². The highest BCUT2D eigenvalue weighted by atomic mass is 32.1. The van der Waals surface area contributed by atoms with Crippen molar-refractivity contribution in [3.8, 4) is 5.75 Å². The van der Waals surface area contributed by atoms with Gasteiger partial charge in [-0.25, -0.2) is 13.2 Å². The van der Waals surface area contributed by atoms with Crippen molar-refractivity contribution in [2.75, 3.05) is 19.7 Å². The number of nitrogens with one attached hydrogen (secondary N) is 1. The number of benzene rings is 1. The average Bonchev–Trinajstić information content (AvgIpc) is 2.51. The van der Waals surface area contributed by atoms with E-state index in [4.69, 9.17) is 17.0 Å². The van der Waals surface area contributed by atoms with Gasteiger partial charge in [0.25, 0.3) is 0 Å². The normalized spacial score (nSPS) is 16.0. The van der Waals surface area contributed by atoms with Gasteiger partial charge < -0.3 is 10.1 Å². The number of hydrogen-bond donors (Lipinski definition) is 1. The molecule has 0 aromatic heterocycles. The lowest BCUT2D eigenvalue weighted by atomic mass is 9.95. The third-order valence-corrected chi connectivity index (χ3v) is 3.77. The molecule has 0 unspecified atom stereocenters. The van der Waals surface area contributed by atoms with Crippen LogP contribution in [0.5, 0.6) is 5.75 Å². The monoisotopic (exact) mass is 325 g/mol. The Morgan fingerprint density at radius 3 is 1.95 bits per heavy atom. The first-order valence-electron chi connectivity index (χ1n) is 6.31. The summed E-state index contributed by atoms with van der Waals surface area (Å²) in [4.78, 5) is 0.403. The zero-order valence-electron chi connectivity index (χ0n) is 10.8. The maximum atomic E-state index is 13.4. The van der Waals surface area contributed by atoms with E-state index in [0.29, 0.717) is 4.86 Å². The van der Waals surface area contributed by atoms with Crippen LogP contribution in [0, 0.1) is 35.0 Å². The molecule has 0 atom stereocenters. The molecule has 1 saturated heterocycles. The van der Waals surface area contributed by atoms with Gasteiger partial charge in [-0.05, 0) is 31.8 Å². The molecule has 2 nitrogen and oxygen atoms in total. The first-order valence-corrected chi connectivity index (χ1v) is 6.72. The molecule has 1 aromatic carbocycles. The minimum atomic E-state index is -2.21. The summed E-state index contributed by atoms with van der Waals surface area (Å²) in [6, 6.07) is 0. The molecule has 1 N–H and O–H groups in total. The molecule has 1 aliphatic rings. The molecule has 0 radical (unpaired) electrons. The minimum Gasteiger partial charge on any atom is -0.482 e. The van der Waals surface area contributed by atoms with Crippen molar-refractivity contribution < 1.29 is 26.7 Å². The third kappa shape index (κ3) is 3.32. The number of hydrogen-bond acceptors (Lipinski definition) is 3. The Bertz CT molecular complexity index is 531. The zero-order valence-corrected chi connectivity index (χ0v) is 11.6. The third-order valence-electron chi connectivity index (χ3n) is 3.32. The maximum absolute atomic E-state index is 13.4. The Hall–Kier alpha value is -1.28. The van der Waals surface area contributed by atoms with Crippen molar-refractivity contribution in [3.05, 3.63) is 29.1 Å². The summed E-state index contributed by atoms with van der Waals surface area (Å²) in [5.41, 5.74) is 0. The van der Waals surface area contributed by atoms with Crippen LogP contribution in [-0.4, -0.2) is 24.6 Å². The van der Waals surface area contributed by atoms with Crippen molar-refractivity contribution in [2.24, 2.45) is 5.92 Å². The van der Waals surface area contributed by atoms with Crippen LogP contribution in [0.15, 0.2) is 0 Å². The maximum Gasteiger partial charge on any atom is 0.207 e. The topological polar surface area (TPSA) is 21.3 Å². The van der Waals surface area contributed by atoms with Gasteiger partial charge in [-0.1, -0.05) is 12.2 Å². The lowest BCUT2D eigenvalue weighted by Gasteiger charge is -2.23. The summed E-state index contributed by atoms with van der Waals surface area (Å²) >= 11 is 5.09. The van der Waals surface area contributed by atoms with Gasteiger partial charge in [0.05, 0.1) is 0 Å². The summed E-state index contributed by atoms with van der Waals surface area (Å²) in [7, 11) is 0. The van der Waals surface area contributed by atoms with Crippen molar-refractivity contribution in [3.63, 3.8) is 0 Å². The molecule has 21 heavy (non-hydrogen) atoms. The largest absolute Gasteiger partial charge is 0.482 e. The first-order chi connectivity index (χ1) is 9.93. The van der Waals surface area contributed by atoms with Crippen LogP contribution in [0.1, 0.15) is 12.8 Å². The fraction of sp³-hybridized carbons (Fsp3) is 0.462. The van der Waals surface area contributed by atoms with E-state index in [1.54, 1.807) is 0 Å².